The second-order valence-electron chi connectivity index (χ2n) is 5.18. The second-order valence-corrected chi connectivity index (χ2v) is 7.04. The maximum atomic E-state index is 12.4. The Morgan fingerprint density at radius 2 is 2.25 bits per heavy atom. The smallest absolute Gasteiger partial charge is 0.251 e. The lowest BCUT2D eigenvalue weighted by Gasteiger charge is -2.23. The summed E-state index contributed by atoms with van der Waals surface area (Å²) in [7, 11) is 0. The second kappa shape index (κ2) is 5.70. The van der Waals surface area contributed by atoms with E-state index >= 15 is 0 Å². The predicted octanol–water partition coefficient (Wildman–Crippen LogP) is 4.63. The fourth-order valence-electron chi connectivity index (χ4n) is 2.61. The molecule has 0 aliphatic heterocycles. The van der Waals surface area contributed by atoms with Gasteiger partial charge in [0.2, 0.25) is 0 Å². The Morgan fingerprint density at radius 3 is 3.05 bits per heavy atom. The molecule has 1 unspecified atom stereocenters. The average molecular weight is 350 g/mol. The zero-order valence-corrected chi connectivity index (χ0v) is 13.7. The molecule has 4 heteroatoms. The van der Waals surface area contributed by atoms with Gasteiger partial charge in [0.15, 0.2) is 0 Å². The Morgan fingerprint density at radius 1 is 1.40 bits per heavy atom. The number of thiophene rings is 1. The van der Waals surface area contributed by atoms with Crippen LogP contribution in [0.5, 0.6) is 0 Å². The van der Waals surface area contributed by atoms with Gasteiger partial charge in [0.1, 0.15) is 0 Å². The maximum Gasteiger partial charge on any atom is 0.251 e. The minimum atomic E-state index is 0.00903. The van der Waals surface area contributed by atoms with Gasteiger partial charge in [-0.3, -0.25) is 4.79 Å². The molecule has 0 bridgehead atoms. The Labute approximate surface area is 131 Å². The predicted molar refractivity (Wildman–Crippen MR) is 86.3 cm³/mol. The van der Waals surface area contributed by atoms with Crippen molar-refractivity contribution in [2.24, 2.45) is 0 Å². The molecule has 1 aromatic heterocycles. The molecule has 1 aliphatic carbocycles. The quantitative estimate of drug-likeness (QED) is 0.841. The van der Waals surface area contributed by atoms with E-state index in [0.29, 0.717) is 5.56 Å². The Kier molecular flexibility index (Phi) is 3.94. The van der Waals surface area contributed by atoms with E-state index < -0.39 is 0 Å². The fraction of sp³-hybridized carbons (Fsp3) is 0.312. The monoisotopic (exact) mass is 349 g/mol. The minimum Gasteiger partial charge on any atom is -0.345 e. The summed E-state index contributed by atoms with van der Waals surface area (Å²) in [6, 6.07) is 8.05. The van der Waals surface area contributed by atoms with Crippen LogP contribution in [0, 0.1) is 6.92 Å². The van der Waals surface area contributed by atoms with Crippen LogP contribution in [-0.2, 0) is 6.42 Å². The summed E-state index contributed by atoms with van der Waals surface area (Å²) in [6.07, 6.45) is 3.33. The summed E-state index contributed by atoms with van der Waals surface area (Å²) in [5, 5.41) is 5.29. The molecule has 1 heterocycles. The number of fused-ring (bicyclic) bond motifs is 1. The van der Waals surface area contributed by atoms with Gasteiger partial charge in [-0.2, -0.15) is 0 Å². The zero-order valence-electron chi connectivity index (χ0n) is 11.3. The number of carbonyl (C=O) groups is 1. The molecule has 0 fully saturated rings. The van der Waals surface area contributed by atoms with Crippen LogP contribution in [0.15, 0.2) is 34.1 Å². The molecule has 1 N–H and O–H groups in total. The molecule has 20 heavy (non-hydrogen) atoms. The summed E-state index contributed by atoms with van der Waals surface area (Å²) < 4.78 is 0.977. The van der Waals surface area contributed by atoms with E-state index in [0.717, 1.165) is 29.3 Å². The van der Waals surface area contributed by atoms with Crippen LogP contribution in [-0.4, -0.2) is 5.91 Å². The first kappa shape index (κ1) is 13.8. The van der Waals surface area contributed by atoms with Gasteiger partial charge in [-0.25, -0.2) is 0 Å². The van der Waals surface area contributed by atoms with E-state index in [4.69, 9.17) is 0 Å². The van der Waals surface area contributed by atoms with Crippen molar-refractivity contribution in [2.75, 3.05) is 0 Å². The number of hydrogen-bond acceptors (Lipinski definition) is 2. The molecular formula is C16H16BrNOS. The number of hydrogen-bond donors (Lipinski definition) is 1. The Balaban J connectivity index is 1.79. The highest BCUT2D eigenvalue weighted by molar-refractivity contribution is 9.10. The molecule has 2 nitrogen and oxygen atoms in total. The normalized spacial score (nSPS) is 17.6. The van der Waals surface area contributed by atoms with Gasteiger partial charge >= 0.3 is 0 Å². The number of rotatable bonds is 2. The van der Waals surface area contributed by atoms with Crippen molar-refractivity contribution >= 4 is 33.2 Å². The number of amides is 1. The van der Waals surface area contributed by atoms with Crippen molar-refractivity contribution in [2.45, 2.75) is 32.2 Å². The van der Waals surface area contributed by atoms with E-state index in [1.807, 2.05) is 25.1 Å². The highest BCUT2D eigenvalue weighted by Crippen LogP contribution is 2.33. The first-order valence-electron chi connectivity index (χ1n) is 6.78. The van der Waals surface area contributed by atoms with Gasteiger partial charge < -0.3 is 5.32 Å². The summed E-state index contributed by atoms with van der Waals surface area (Å²) in [4.78, 5) is 13.8. The van der Waals surface area contributed by atoms with Crippen LogP contribution in [0.2, 0.25) is 0 Å². The molecule has 0 spiro atoms. The fourth-order valence-corrected chi connectivity index (χ4v) is 3.98. The first-order valence-corrected chi connectivity index (χ1v) is 8.45. The lowest BCUT2D eigenvalue weighted by Crippen LogP contribution is -2.30. The minimum absolute atomic E-state index is 0.00903. The van der Waals surface area contributed by atoms with E-state index in [2.05, 4.69) is 32.7 Å². The van der Waals surface area contributed by atoms with Crippen LogP contribution < -0.4 is 5.32 Å². The first-order chi connectivity index (χ1) is 9.65. The highest BCUT2D eigenvalue weighted by atomic mass is 79.9. The molecule has 3 rings (SSSR count). The summed E-state index contributed by atoms with van der Waals surface area (Å²) in [6.45, 7) is 2.02. The average Bonchev–Trinajstić information content (AvgIpc) is 2.91. The molecule has 1 aromatic carbocycles. The summed E-state index contributed by atoms with van der Waals surface area (Å²) >= 11 is 5.28. The number of benzene rings is 1. The number of nitrogens with one attached hydrogen (secondary N) is 1. The molecule has 2 aromatic rings. The maximum absolute atomic E-state index is 12.4. The Hall–Kier alpha value is -1.13. The van der Waals surface area contributed by atoms with Crippen LogP contribution in [0.3, 0.4) is 0 Å². The van der Waals surface area contributed by atoms with Gasteiger partial charge in [-0.15, -0.1) is 11.3 Å². The SMILES string of the molecule is Cc1ccc(C(=O)NC2CCCc3sccc32)cc1Br. The van der Waals surface area contributed by atoms with E-state index in [-0.39, 0.29) is 11.9 Å². The number of aryl methyl sites for hydroxylation is 2. The molecule has 0 saturated heterocycles. The van der Waals surface area contributed by atoms with E-state index in [1.165, 1.54) is 10.4 Å². The third kappa shape index (κ3) is 2.67. The van der Waals surface area contributed by atoms with Crippen molar-refractivity contribution in [1.29, 1.82) is 0 Å². The van der Waals surface area contributed by atoms with Gasteiger partial charge in [0, 0.05) is 14.9 Å². The standard InChI is InChI=1S/C16H16BrNOS/c1-10-5-6-11(9-13(10)17)16(19)18-14-3-2-4-15-12(14)7-8-20-15/h5-9,14H,2-4H2,1H3,(H,18,19). The Bertz CT molecular complexity index is 650. The van der Waals surface area contributed by atoms with Gasteiger partial charge in [-0.05, 0) is 60.9 Å². The molecule has 1 aliphatic rings. The van der Waals surface area contributed by atoms with Crippen molar-refractivity contribution in [3.63, 3.8) is 0 Å². The van der Waals surface area contributed by atoms with Gasteiger partial charge in [0.25, 0.3) is 5.91 Å². The van der Waals surface area contributed by atoms with Crippen LogP contribution in [0.4, 0.5) is 0 Å². The molecule has 104 valence electrons. The highest BCUT2D eigenvalue weighted by Gasteiger charge is 2.23. The zero-order chi connectivity index (χ0) is 14.1. The summed E-state index contributed by atoms with van der Waals surface area (Å²) in [5.74, 6) is 0.00903. The topological polar surface area (TPSA) is 29.1 Å². The molecule has 0 saturated carbocycles. The third-order valence-electron chi connectivity index (χ3n) is 3.79. The number of halogens is 1. The van der Waals surface area contributed by atoms with E-state index in [9.17, 15) is 4.79 Å². The van der Waals surface area contributed by atoms with Crippen molar-refractivity contribution in [3.8, 4) is 0 Å². The van der Waals surface area contributed by atoms with Crippen LogP contribution in [0.25, 0.3) is 0 Å². The summed E-state index contributed by atoms with van der Waals surface area (Å²) in [5.41, 5.74) is 3.16. The lowest BCUT2D eigenvalue weighted by molar-refractivity contribution is 0.0933. The van der Waals surface area contributed by atoms with Crippen LogP contribution >= 0.6 is 27.3 Å². The lowest BCUT2D eigenvalue weighted by atomic mass is 9.94. The molecule has 1 amide bonds. The van der Waals surface area contributed by atoms with Crippen molar-refractivity contribution in [3.05, 3.63) is 55.7 Å². The number of carbonyl (C=O) groups excluding carboxylic acids is 1. The van der Waals surface area contributed by atoms with Crippen LogP contribution in [0.1, 0.15) is 45.2 Å². The van der Waals surface area contributed by atoms with Crippen molar-refractivity contribution in [1.82, 2.24) is 5.32 Å². The van der Waals surface area contributed by atoms with Crippen molar-refractivity contribution < 1.29 is 4.79 Å². The molecular weight excluding hydrogens is 334 g/mol. The van der Waals surface area contributed by atoms with E-state index in [1.54, 1.807) is 11.3 Å². The largest absolute Gasteiger partial charge is 0.345 e. The third-order valence-corrected chi connectivity index (χ3v) is 5.64. The van der Waals surface area contributed by atoms with Gasteiger partial charge in [-0.1, -0.05) is 22.0 Å². The van der Waals surface area contributed by atoms with Gasteiger partial charge in [0.05, 0.1) is 6.04 Å². The molecule has 1 atom stereocenters. The molecule has 0 radical (unpaired) electrons.